The number of piperidine rings is 1. The number of anilines is 1. The minimum Gasteiger partial charge on any atom is -0.343 e. The molecule has 8 heteroatoms. The van der Waals surface area contributed by atoms with Crippen LogP contribution in [0, 0.1) is 5.92 Å². The summed E-state index contributed by atoms with van der Waals surface area (Å²) in [6, 6.07) is 9.92. The smallest absolute Gasteiger partial charge is 0.213 e. The standard InChI is InChI=1S/C19H30N4O2S.HI/c24-26(25,21-16-17-8-7-9-17)15-12-20-19(23-13-5-2-6-14-23)22-18-10-3-1-4-11-18;/h1,3-4,10-11,17,21H,2,5-9,12-16H2,(H,20,22);1H. The Bertz CT molecular complexity index is 687. The van der Waals surface area contributed by atoms with Crippen LogP contribution in [0.4, 0.5) is 5.69 Å². The van der Waals surface area contributed by atoms with Crippen LogP contribution in [-0.4, -0.2) is 51.2 Å². The van der Waals surface area contributed by atoms with Crippen molar-refractivity contribution in [3.63, 3.8) is 0 Å². The molecule has 0 unspecified atom stereocenters. The van der Waals surface area contributed by atoms with Crippen molar-refractivity contribution < 1.29 is 8.42 Å². The first kappa shape index (κ1) is 22.4. The predicted molar refractivity (Wildman–Crippen MR) is 122 cm³/mol. The molecule has 1 aromatic rings. The zero-order valence-corrected chi connectivity index (χ0v) is 18.9. The van der Waals surface area contributed by atoms with Crippen LogP contribution in [0.15, 0.2) is 35.3 Å². The molecule has 1 heterocycles. The first-order valence-corrected chi connectivity index (χ1v) is 11.4. The lowest BCUT2D eigenvalue weighted by molar-refractivity contribution is 0.316. The van der Waals surface area contributed by atoms with Crippen LogP contribution in [0.5, 0.6) is 0 Å². The summed E-state index contributed by atoms with van der Waals surface area (Å²) in [5.41, 5.74) is 0.975. The van der Waals surface area contributed by atoms with Crippen molar-refractivity contribution in [2.24, 2.45) is 10.9 Å². The summed E-state index contributed by atoms with van der Waals surface area (Å²) in [6.07, 6.45) is 7.05. The van der Waals surface area contributed by atoms with Gasteiger partial charge in [0.05, 0.1) is 12.3 Å². The van der Waals surface area contributed by atoms with E-state index in [1.165, 1.54) is 12.8 Å². The van der Waals surface area contributed by atoms with E-state index in [-0.39, 0.29) is 36.3 Å². The number of sulfonamides is 1. The summed E-state index contributed by atoms with van der Waals surface area (Å²) in [6.45, 7) is 2.77. The van der Waals surface area contributed by atoms with Gasteiger partial charge in [-0.3, -0.25) is 4.99 Å². The summed E-state index contributed by atoms with van der Waals surface area (Å²) >= 11 is 0. The second kappa shape index (κ2) is 11.2. The van der Waals surface area contributed by atoms with Crippen molar-refractivity contribution in [1.29, 1.82) is 0 Å². The molecule has 2 fully saturated rings. The summed E-state index contributed by atoms with van der Waals surface area (Å²) in [7, 11) is -3.26. The van der Waals surface area contributed by atoms with Crippen LogP contribution >= 0.6 is 24.0 Å². The quantitative estimate of drug-likeness (QED) is 0.338. The number of para-hydroxylation sites is 1. The lowest BCUT2D eigenvalue weighted by Gasteiger charge is -2.30. The number of hydrogen-bond donors (Lipinski definition) is 2. The van der Waals surface area contributed by atoms with E-state index in [1.54, 1.807) is 0 Å². The average Bonchev–Trinajstić information content (AvgIpc) is 2.61. The van der Waals surface area contributed by atoms with Crippen molar-refractivity contribution in [3.8, 4) is 0 Å². The van der Waals surface area contributed by atoms with Crippen LogP contribution in [0.1, 0.15) is 38.5 Å². The fourth-order valence-electron chi connectivity index (χ4n) is 3.26. The van der Waals surface area contributed by atoms with E-state index in [2.05, 4.69) is 19.9 Å². The molecule has 0 aromatic heterocycles. The van der Waals surface area contributed by atoms with E-state index in [1.807, 2.05) is 30.3 Å². The number of nitrogens with zero attached hydrogens (tertiary/aromatic N) is 2. The van der Waals surface area contributed by atoms with Crippen molar-refractivity contribution in [1.82, 2.24) is 9.62 Å². The number of aliphatic imine (C=N–C) groups is 1. The highest BCUT2D eigenvalue weighted by molar-refractivity contribution is 14.0. The molecule has 1 aromatic carbocycles. The fourth-order valence-corrected chi connectivity index (χ4v) is 4.23. The fraction of sp³-hybridized carbons (Fsp3) is 0.632. The molecule has 2 N–H and O–H groups in total. The number of hydrogen-bond acceptors (Lipinski definition) is 3. The number of likely N-dealkylation sites (tertiary alicyclic amines) is 1. The molecule has 0 bridgehead atoms. The van der Waals surface area contributed by atoms with Gasteiger partial charge in [-0.05, 0) is 50.2 Å². The molecule has 0 atom stereocenters. The first-order chi connectivity index (χ1) is 12.6. The van der Waals surface area contributed by atoms with Gasteiger partial charge in [-0.25, -0.2) is 13.1 Å². The number of nitrogens with one attached hydrogen (secondary N) is 2. The highest BCUT2D eigenvalue weighted by Crippen LogP contribution is 2.25. The van der Waals surface area contributed by atoms with E-state index >= 15 is 0 Å². The maximum atomic E-state index is 12.2. The number of halogens is 1. The second-order valence-electron chi connectivity index (χ2n) is 7.21. The number of guanidine groups is 1. The topological polar surface area (TPSA) is 73.8 Å². The third-order valence-corrected chi connectivity index (χ3v) is 6.45. The Labute approximate surface area is 180 Å². The van der Waals surface area contributed by atoms with Gasteiger partial charge in [-0.1, -0.05) is 24.6 Å². The zero-order chi connectivity index (χ0) is 18.2. The normalized spacial score (nSPS) is 18.5. The Hall–Kier alpha value is -0.870. The molecule has 2 aliphatic rings. The van der Waals surface area contributed by atoms with E-state index in [0.717, 1.165) is 50.4 Å². The number of rotatable bonds is 7. The molecule has 152 valence electrons. The SMILES string of the molecule is I.O=S(=O)(CCN=C(Nc1ccccc1)N1CCCCC1)NCC1CCC1. The van der Waals surface area contributed by atoms with Crippen LogP contribution in [0.2, 0.25) is 0 Å². The van der Waals surface area contributed by atoms with Crippen molar-refractivity contribution in [3.05, 3.63) is 30.3 Å². The van der Waals surface area contributed by atoms with E-state index < -0.39 is 10.0 Å². The van der Waals surface area contributed by atoms with Gasteiger partial charge in [-0.15, -0.1) is 24.0 Å². The molecule has 27 heavy (non-hydrogen) atoms. The van der Waals surface area contributed by atoms with Crippen LogP contribution in [0.3, 0.4) is 0 Å². The second-order valence-corrected chi connectivity index (χ2v) is 9.13. The van der Waals surface area contributed by atoms with E-state index in [4.69, 9.17) is 0 Å². The van der Waals surface area contributed by atoms with Gasteiger partial charge in [0.2, 0.25) is 10.0 Å². The maximum Gasteiger partial charge on any atom is 0.213 e. The first-order valence-electron chi connectivity index (χ1n) is 9.71. The molecule has 6 nitrogen and oxygen atoms in total. The van der Waals surface area contributed by atoms with Gasteiger partial charge < -0.3 is 10.2 Å². The molecule has 1 aliphatic carbocycles. The van der Waals surface area contributed by atoms with E-state index in [0.29, 0.717) is 12.5 Å². The monoisotopic (exact) mass is 506 g/mol. The Morgan fingerprint density at radius 2 is 1.78 bits per heavy atom. The van der Waals surface area contributed by atoms with Gasteiger partial charge in [-0.2, -0.15) is 0 Å². The Balaban J connectivity index is 0.00000261. The lowest BCUT2D eigenvalue weighted by Crippen LogP contribution is -2.40. The Kier molecular flexibility index (Phi) is 9.31. The van der Waals surface area contributed by atoms with Crippen LogP contribution < -0.4 is 10.0 Å². The molecule has 1 saturated carbocycles. The molecule has 0 amide bonds. The van der Waals surface area contributed by atoms with Crippen molar-refractivity contribution in [2.75, 3.05) is 37.2 Å². The van der Waals surface area contributed by atoms with Gasteiger partial charge in [0.15, 0.2) is 5.96 Å². The van der Waals surface area contributed by atoms with E-state index in [9.17, 15) is 8.42 Å². The lowest BCUT2D eigenvalue weighted by atomic mass is 9.86. The molecule has 0 radical (unpaired) electrons. The highest BCUT2D eigenvalue weighted by Gasteiger charge is 2.20. The van der Waals surface area contributed by atoms with Crippen LogP contribution in [0.25, 0.3) is 0 Å². The molecule has 0 spiro atoms. The minimum atomic E-state index is -3.26. The molecule has 1 saturated heterocycles. The highest BCUT2D eigenvalue weighted by atomic mass is 127. The van der Waals surface area contributed by atoms with Gasteiger partial charge >= 0.3 is 0 Å². The number of benzene rings is 1. The zero-order valence-electron chi connectivity index (χ0n) is 15.8. The average molecular weight is 506 g/mol. The summed E-state index contributed by atoms with van der Waals surface area (Å²) in [4.78, 5) is 6.83. The molecule has 3 rings (SSSR count). The summed E-state index contributed by atoms with van der Waals surface area (Å²) in [5.74, 6) is 1.34. The Morgan fingerprint density at radius 1 is 1.07 bits per heavy atom. The molecular formula is C19H31IN4O2S. The third-order valence-electron chi connectivity index (χ3n) is 5.12. The Morgan fingerprint density at radius 3 is 2.41 bits per heavy atom. The molecule has 1 aliphatic heterocycles. The third kappa shape index (κ3) is 7.57. The van der Waals surface area contributed by atoms with Crippen LogP contribution in [-0.2, 0) is 10.0 Å². The molecular weight excluding hydrogens is 475 g/mol. The minimum absolute atomic E-state index is 0. The van der Waals surface area contributed by atoms with Crippen molar-refractivity contribution in [2.45, 2.75) is 38.5 Å². The van der Waals surface area contributed by atoms with Crippen molar-refractivity contribution >= 4 is 45.6 Å². The summed E-state index contributed by atoms with van der Waals surface area (Å²) in [5, 5.41) is 3.36. The van der Waals surface area contributed by atoms with Gasteiger partial charge in [0.1, 0.15) is 0 Å². The van der Waals surface area contributed by atoms with Gasteiger partial charge in [0, 0.05) is 25.3 Å². The largest absolute Gasteiger partial charge is 0.343 e. The summed E-state index contributed by atoms with van der Waals surface area (Å²) < 4.78 is 27.1. The predicted octanol–water partition coefficient (Wildman–Crippen LogP) is 3.28. The van der Waals surface area contributed by atoms with Gasteiger partial charge in [0.25, 0.3) is 0 Å². The maximum absolute atomic E-state index is 12.2.